The number of hydrogen-bond donors (Lipinski definition) is 2. The van der Waals surface area contributed by atoms with Gasteiger partial charge in [-0.25, -0.2) is 9.78 Å². The number of rotatable bonds is 7. The van der Waals surface area contributed by atoms with Gasteiger partial charge in [0.1, 0.15) is 5.69 Å². The number of aromatic nitrogens is 5. The van der Waals surface area contributed by atoms with E-state index in [0.29, 0.717) is 17.8 Å². The molecule has 0 unspecified atom stereocenters. The first-order chi connectivity index (χ1) is 13.0. The molecular formula is C17H20N6O4. The molecule has 3 aromatic heterocycles. The smallest absolute Gasteiger partial charge is 0.356 e. The van der Waals surface area contributed by atoms with E-state index in [1.54, 1.807) is 12.1 Å². The van der Waals surface area contributed by atoms with Crippen molar-refractivity contribution in [2.75, 3.05) is 19.5 Å². The molecule has 0 aliphatic heterocycles. The van der Waals surface area contributed by atoms with Crippen LogP contribution in [0.1, 0.15) is 35.8 Å². The zero-order valence-corrected chi connectivity index (χ0v) is 15.0. The minimum absolute atomic E-state index is 0.116. The van der Waals surface area contributed by atoms with Crippen LogP contribution in [-0.2, 0) is 11.3 Å². The molecule has 0 aromatic carbocycles. The maximum absolute atomic E-state index is 11.7. The highest BCUT2D eigenvalue weighted by Crippen LogP contribution is 2.25. The molecule has 3 heterocycles. The van der Waals surface area contributed by atoms with Gasteiger partial charge in [0.2, 0.25) is 0 Å². The molecule has 0 saturated carbocycles. The number of pyridine rings is 1. The zero-order chi connectivity index (χ0) is 19.4. The molecule has 0 aliphatic carbocycles. The highest BCUT2D eigenvalue weighted by Gasteiger charge is 2.18. The van der Waals surface area contributed by atoms with Gasteiger partial charge in [0.15, 0.2) is 17.0 Å². The molecule has 0 aliphatic rings. The van der Waals surface area contributed by atoms with E-state index < -0.39 is 5.97 Å². The van der Waals surface area contributed by atoms with Crippen LogP contribution in [0.25, 0.3) is 11.2 Å². The molecule has 10 nitrogen and oxygen atoms in total. The van der Waals surface area contributed by atoms with E-state index in [9.17, 15) is 9.90 Å². The van der Waals surface area contributed by atoms with Crippen LogP contribution in [-0.4, -0.2) is 49.3 Å². The lowest BCUT2D eigenvalue weighted by molar-refractivity contribution is 0.0594. The highest BCUT2D eigenvalue weighted by atomic mass is 16.5. The van der Waals surface area contributed by atoms with Crippen molar-refractivity contribution in [2.24, 2.45) is 0 Å². The maximum atomic E-state index is 11.7. The summed E-state index contributed by atoms with van der Waals surface area (Å²) in [5, 5.41) is 10.2. The van der Waals surface area contributed by atoms with Crippen LogP contribution in [0.4, 0.5) is 5.82 Å². The standard InChI is InChI=1S/C17H20N6O4/c1-3-4-7-27-16-21-13(18)12-14(22-16)23(17(25)20-12)9-10-5-6-19-11(8-10)15(24)26-2/h5-6,8H,3-4,7,9H2,1-2H3,(H,20,25)(H2,18,21,22). The monoisotopic (exact) mass is 372 g/mol. The van der Waals surface area contributed by atoms with Crippen LogP contribution in [0.2, 0.25) is 0 Å². The topological polar surface area (TPSA) is 138 Å². The van der Waals surface area contributed by atoms with E-state index >= 15 is 0 Å². The number of carbonyl (C=O) groups excluding carboxylic acids is 1. The molecule has 0 spiro atoms. The van der Waals surface area contributed by atoms with Gasteiger partial charge in [0.05, 0.1) is 20.3 Å². The Hall–Kier alpha value is -3.43. The number of nitrogen functional groups attached to an aromatic ring is 1. The van der Waals surface area contributed by atoms with Crippen LogP contribution in [0.5, 0.6) is 12.0 Å². The van der Waals surface area contributed by atoms with E-state index in [2.05, 4.69) is 24.7 Å². The minimum atomic E-state index is -0.547. The fraction of sp³-hybridized carbons (Fsp3) is 0.353. The van der Waals surface area contributed by atoms with E-state index in [-0.39, 0.29) is 35.6 Å². The summed E-state index contributed by atoms with van der Waals surface area (Å²) in [5.74, 6) is -0.430. The van der Waals surface area contributed by atoms with Gasteiger partial charge in [-0.05, 0) is 24.1 Å². The van der Waals surface area contributed by atoms with Crippen molar-refractivity contribution in [1.29, 1.82) is 0 Å². The van der Waals surface area contributed by atoms with Crippen LogP contribution in [0.15, 0.2) is 18.3 Å². The molecule has 0 amide bonds. The molecule has 142 valence electrons. The number of esters is 1. The second-order valence-electron chi connectivity index (χ2n) is 5.80. The number of anilines is 1. The number of hydrogen-bond acceptors (Lipinski definition) is 9. The second kappa shape index (κ2) is 7.85. The summed E-state index contributed by atoms with van der Waals surface area (Å²) < 4.78 is 11.6. The van der Waals surface area contributed by atoms with Crippen molar-refractivity contribution < 1.29 is 19.4 Å². The Kier molecular flexibility index (Phi) is 5.34. The lowest BCUT2D eigenvalue weighted by atomic mass is 10.2. The van der Waals surface area contributed by atoms with Crippen molar-refractivity contribution in [2.45, 2.75) is 26.3 Å². The summed E-state index contributed by atoms with van der Waals surface area (Å²) in [4.78, 5) is 28.0. The number of methoxy groups -OCH3 is 1. The summed E-state index contributed by atoms with van der Waals surface area (Å²) in [6.07, 6.45) is 3.32. The van der Waals surface area contributed by atoms with Gasteiger partial charge in [-0.15, -0.1) is 0 Å². The molecule has 3 rings (SSSR count). The third-order valence-electron chi connectivity index (χ3n) is 3.87. The summed E-state index contributed by atoms with van der Waals surface area (Å²) in [6, 6.07) is 3.13. The first-order valence-corrected chi connectivity index (χ1v) is 8.42. The van der Waals surface area contributed by atoms with Gasteiger partial charge in [-0.2, -0.15) is 15.0 Å². The number of ether oxygens (including phenoxy) is 2. The van der Waals surface area contributed by atoms with E-state index in [1.807, 2.05) is 6.92 Å². The average Bonchev–Trinajstić information content (AvgIpc) is 2.98. The van der Waals surface area contributed by atoms with Gasteiger partial charge >= 0.3 is 12.0 Å². The van der Waals surface area contributed by atoms with Crippen molar-refractivity contribution in [1.82, 2.24) is 24.5 Å². The highest BCUT2D eigenvalue weighted by molar-refractivity contribution is 5.87. The van der Waals surface area contributed by atoms with E-state index in [0.717, 1.165) is 12.8 Å². The van der Waals surface area contributed by atoms with Crippen molar-refractivity contribution in [3.63, 3.8) is 0 Å². The lowest BCUT2D eigenvalue weighted by Crippen LogP contribution is -2.08. The SMILES string of the molecule is CCCCOc1nc(N)c2nc(O)n(Cc3ccnc(C(=O)OC)c3)c2n1. The van der Waals surface area contributed by atoms with E-state index in [1.165, 1.54) is 17.9 Å². The van der Waals surface area contributed by atoms with Crippen LogP contribution < -0.4 is 10.5 Å². The third-order valence-corrected chi connectivity index (χ3v) is 3.87. The fourth-order valence-electron chi connectivity index (χ4n) is 2.48. The Morgan fingerprint density at radius 1 is 1.33 bits per heavy atom. The molecule has 27 heavy (non-hydrogen) atoms. The number of unbranched alkanes of at least 4 members (excludes halogenated alkanes) is 1. The molecular weight excluding hydrogens is 352 g/mol. The Balaban J connectivity index is 1.96. The number of aromatic hydroxyl groups is 1. The van der Waals surface area contributed by atoms with Crippen molar-refractivity contribution in [3.8, 4) is 12.0 Å². The minimum Gasteiger partial charge on any atom is -0.480 e. The van der Waals surface area contributed by atoms with Gasteiger partial charge in [0.25, 0.3) is 6.01 Å². The van der Waals surface area contributed by atoms with Gasteiger partial charge in [-0.3, -0.25) is 4.57 Å². The molecule has 0 fully saturated rings. The maximum Gasteiger partial charge on any atom is 0.356 e. The van der Waals surface area contributed by atoms with Gasteiger partial charge in [0, 0.05) is 6.20 Å². The Bertz CT molecular complexity index is 971. The fourth-order valence-corrected chi connectivity index (χ4v) is 2.48. The number of imidazole rings is 1. The molecule has 10 heteroatoms. The largest absolute Gasteiger partial charge is 0.480 e. The molecule has 3 N–H and O–H groups in total. The molecule has 0 radical (unpaired) electrons. The Morgan fingerprint density at radius 2 is 2.15 bits per heavy atom. The van der Waals surface area contributed by atoms with Crippen LogP contribution in [0, 0.1) is 0 Å². The second-order valence-corrected chi connectivity index (χ2v) is 5.80. The number of fused-ring (bicyclic) bond motifs is 1. The van der Waals surface area contributed by atoms with Crippen LogP contribution in [0.3, 0.4) is 0 Å². The summed E-state index contributed by atoms with van der Waals surface area (Å²) in [5.41, 5.74) is 7.40. The van der Waals surface area contributed by atoms with Crippen molar-refractivity contribution in [3.05, 3.63) is 29.6 Å². The first kappa shape index (κ1) is 18.4. The quantitative estimate of drug-likeness (QED) is 0.467. The third kappa shape index (κ3) is 3.89. The van der Waals surface area contributed by atoms with E-state index in [4.69, 9.17) is 10.5 Å². The predicted octanol–water partition coefficient (Wildman–Crippen LogP) is 1.52. The summed E-state index contributed by atoms with van der Waals surface area (Å²) in [6.45, 7) is 2.71. The number of nitrogens with two attached hydrogens (primary N) is 1. The Morgan fingerprint density at radius 3 is 2.89 bits per heavy atom. The zero-order valence-electron chi connectivity index (χ0n) is 15.0. The molecule has 3 aromatic rings. The number of carbonyl (C=O) groups is 1. The average molecular weight is 372 g/mol. The molecule has 0 saturated heterocycles. The summed E-state index contributed by atoms with van der Waals surface area (Å²) in [7, 11) is 1.28. The summed E-state index contributed by atoms with van der Waals surface area (Å²) >= 11 is 0. The molecule has 0 bridgehead atoms. The van der Waals surface area contributed by atoms with Crippen LogP contribution >= 0.6 is 0 Å². The normalized spacial score (nSPS) is 10.9. The van der Waals surface area contributed by atoms with Crippen molar-refractivity contribution >= 4 is 23.0 Å². The predicted molar refractivity (Wildman–Crippen MR) is 96.5 cm³/mol. The first-order valence-electron chi connectivity index (χ1n) is 8.42. The van der Waals surface area contributed by atoms with Gasteiger partial charge < -0.3 is 20.3 Å². The number of nitrogens with zero attached hydrogens (tertiary/aromatic N) is 5. The molecule has 0 atom stereocenters. The Labute approximate surface area is 155 Å². The lowest BCUT2D eigenvalue weighted by Gasteiger charge is -2.08. The van der Waals surface area contributed by atoms with Gasteiger partial charge in [-0.1, -0.05) is 13.3 Å².